The summed E-state index contributed by atoms with van der Waals surface area (Å²) >= 11 is 0. The molecule has 3 aromatic carbocycles. The Morgan fingerprint density at radius 1 is 0.943 bits per heavy atom. The number of rotatable bonds is 7. The number of aliphatic imine (C=N–C) groups is 1. The van der Waals surface area contributed by atoms with Gasteiger partial charge in [0.15, 0.2) is 0 Å². The quantitative estimate of drug-likeness (QED) is 0.401. The van der Waals surface area contributed by atoms with Gasteiger partial charge in [0.2, 0.25) is 0 Å². The molecule has 1 N–H and O–H groups in total. The van der Waals surface area contributed by atoms with E-state index in [-0.39, 0.29) is 30.3 Å². The minimum Gasteiger partial charge on any atom is -0.461 e. The van der Waals surface area contributed by atoms with Crippen molar-refractivity contribution in [1.82, 2.24) is 14.5 Å². The van der Waals surface area contributed by atoms with E-state index < -0.39 is 16.0 Å². The first-order valence-electron chi connectivity index (χ1n) is 11.0. The Labute approximate surface area is 203 Å². The number of benzene rings is 3. The number of para-hydroxylation sites is 1. The molecule has 0 aliphatic carbocycles. The number of ether oxygens (including phenoxy) is 1. The normalized spacial score (nSPS) is 14.9. The van der Waals surface area contributed by atoms with Crippen molar-refractivity contribution in [2.45, 2.75) is 17.9 Å². The Morgan fingerprint density at radius 3 is 2.40 bits per heavy atom. The maximum Gasteiger partial charge on any atom is 0.308 e. The molecule has 2 heterocycles. The van der Waals surface area contributed by atoms with Crippen LogP contribution in [0.1, 0.15) is 17.5 Å². The van der Waals surface area contributed by atoms with Gasteiger partial charge in [-0.1, -0.05) is 60.7 Å². The van der Waals surface area contributed by atoms with E-state index in [1.54, 1.807) is 22.9 Å². The molecule has 5 rings (SSSR count). The van der Waals surface area contributed by atoms with Crippen LogP contribution in [0.3, 0.4) is 0 Å². The van der Waals surface area contributed by atoms with Crippen LogP contribution in [0.25, 0.3) is 16.9 Å². The molecule has 176 valence electrons. The average Bonchev–Trinajstić information content (AvgIpc) is 3.43. The van der Waals surface area contributed by atoms with Gasteiger partial charge in [0, 0.05) is 22.9 Å². The van der Waals surface area contributed by atoms with Crippen molar-refractivity contribution in [2.24, 2.45) is 4.99 Å². The molecule has 9 heteroatoms. The van der Waals surface area contributed by atoms with Gasteiger partial charge in [-0.2, -0.15) is 5.10 Å². The number of esters is 1. The monoisotopic (exact) mass is 486 g/mol. The molecule has 0 fully saturated rings. The van der Waals surface area contributed by atoms with Gasteiger partial charge >= 0.3 is 5.97 Å². The van der Waals surface area contributed by atoms with Crippen molar-refractivity contribution < 1.29 is 17.9 Å². The van der Waals surface area contributed by atoms with Crippen molar-refractivity contribution in [3.63, 3.8) is 0 Å². The van der Waals surface area contributed by atoms with Gasteiger partial charge in [0.1, 0.15) is 12.4 Å². The topological polar surface area (TPSA) is 103 Å². The van der Waals surface area contributed by atoms with Crippen LogP contribution in [-0.2, 0) is 26.2 Å². The van der Waals surface area contributed by atoms with Gasteiger partial charge in [-0.25, -0.2) is 13.1 Å². The smallest absolute Gasteiger partial charge is 0.308 e. The molecule has 0 unspecified atom stereocenters. The summed E-state index contributed by atoms with van der Waals surface area (Å²) in [6.45, 7) is 0.155. The number of nitrogens with one attached hydrogen (secondary N) is 1. The maximum atomic E-state index is 12.4. The van der Waals surface area contributed by atoms with E-state index in [1.807, 2.05) is 66.9 Å². The maximum absolute atomic E-state index is 12.4. The fourth-order valence-electron chi connectivity index (χ4n) is 3.81. The van der Waals surface area contributed by atoms with E-state index in [0.29, 0.717) is 5.56 Å². The van der Waals surface area contributed by atoms with E-state index in [1.165, 1.54) is 6.07 Å². The number of hydrogen-bond donors (Lipinski definition) is 1. The summed E-state index contributed by atoms with van der Waals surface area (Å²) in [5, 5.41) is 4.72. The van der Waals surface area contributed by atoms with Crippen LogP contribution in [-0.4, -0.2) is 36.5 Å². The molecular formula is C26H22N4O4S. The lowest BCUT2D eigenvalue weighted by molar-refractivity contribution is -0.144. The number of nitrogens with zero attached hydrogens (tertiary/aromatic N) is 3. The summed E-state index contributed by atoms with van der Waals surface area (Å²) < 4.78 is 34.1. The first kappa shape index (κ1) is 22.5. The van der Waals surface area contributed by atoms with Crippen LogP contribution < -0.4 is 4.72 Å². The molecule has 0 bridgehead atoms. The largest absolute Gasteiger partial charge is 0.461 e. The second-order valence-corrected chi connectivity index (χ2v) is 9.54. The van der Waals surface area contributed by atoms with Crippen LogP contribution in [0, 0.1) is 0 Å². The van der Waals surface area contributed by atoms with Crippen molar-refractivity contribution in [3.05, 3.63) is 102 Å². The fourth-order valence-corrected chi connectivity index (χ4v) is 5.06. The summed E-state index contributed by atoms with van der Waals surface area (Å²) in [5.74, 6) is -0.195. The molecule has 1 aromatic heterocycles. The number of aromatic nitrogens is 2. The Kier molecular flexibility index (Phi) is 6.15. The van der Waals surface area contributed by atoms with Gasteiger partial charge in [-0.3, -0.25) is 14.5 Å². The van der Waals surface area contributed by atoms with Gasteiger partial charge < -0.3 is 4.74 Å². The zero-order valence-corrected chi connectivity index (χ0v) is 19.5. The molecular weight excluding hydrogens is 464 g/mol. The second kappa shape index (κ2) is 9.55. The van der Waals surface area contributed by atoms with Crippen LogP contribution in [0.15, 0.2) is 101 Å². The molecule has 1 aliphatic heterocycles. The third kappa shape index (κ3) is 4.85. The minimum atomic E-state index is -3.61. The fraction of sp³-hybridized carbons (Fsp3) is 0.115. The van der Waals surface area contributed by atoms with Crippen molar-refractivity contribution in [2.75, 3.05) is 6.54 Å². The summed E-state index contributed by atoms with van der Waals surface area (Å²) in [6.07, 6.45) is 1.87. The lowest BCUT2D eigenvalue weighted by atomic mass is 10.1. The highest BCUT2D eigenvalue weighted by molar-refractivity contribution is 7.90. The predicted molar refractivity (Wildman–Crippen MR) is 132 cm³/mol. The number of fused-ring (bicyclic) bond motifs is 1. The lowest BCUT2D eigenvalue weighted by Gasteiger charge is -2.05. The molecule has 0 saturated carbocycles. The third-order valence-electron chi connectivity index (χ3n) is 5.50. The zero-order valence-electron chi connectivity index (χ0n) is 18.7. The Bertz CT molecular complexity index is 1500. The molecule has 0 spiro atoms. The standard InChI is InChI=1S/C26H22N4O4S/c31-24(15-16-27-26-22-13-7-8-14-23(22)35(32,33)29-26)34-18-20-17-30(21-11-5-2-6-12-21)28-25(20)19-9-3-1-4-10-19/h1-14,17H,15-16,18H2,(H,27,29). The first-order chi connectivity index (χ1) is 17.0. The number of amidine groups is 1. The SMILES string of the molecule is O=C(CCN=C1NS(=O)(=O)c2ccccc21)OCc1cn(-c2ccccc2)nc1-c1ccccc1. The zero-order chi connectivity index (χ0) is 24.3. The Balaban J connectivity index is 1.27. The first-order valence-corrected chi connectivity index (χ1v) is 12.5. The highest BCUT2D eigenvalue weighted by Gasteiger charge is 2.30. The average molecular weight is 487 g/mol. The lowest BCUT2D eigenvalue weighted by Crippen LogP contribution is -2.22. The van der Waals surface area contributed by atoms with Crippen LogP contribution >= 0.6 is 0 Å². The molecule has 0 atom stereocenters. The molecule has 1 aliphatic rings. The molecule has 35 heavy (non-hydrogen) atoms. The highest BCUT2D eigenvalue weighted by atomic mass is 32.2. The second-order valence-electron chi connectivity index (χ2n) is 7.89. The van der Waals surface area contributed by atoms with E-state index in [0.717, 1.165) is 22.5 Å². The van der Waals surface area contributed by atoms with Gasteiger partial charge in [-0.15, -0.1) is 0 Å². The number of sulfonamides is 1. The van der Waals surface area contributed by atoms with E-state index in [9.17, 15) is 13.2 Å². The van der Waals surface area contributed by atoms with Crippen molar-refractivity contribution in [3.8, 4) is 16.9 Å². The van der Waals surface area contributed by atoms with Gasteiger partial charge in [0.25, 0.3) is 10.0 Å². The van der Waals surface area contributed by atoms with Gasteiger partial charge in [0.05, 0.1) is 29.2 Å². The summed E-state index contributed by atoms with van der Waals surface area (Å²) in [7, 11) is -3.61. The van der Waals surface area contributed by atoms with Crippen LogP contribution in [0.4, 0.5) is 0 Å². The summed E-state index contributed by atoms with van der Waals surface area (Å²) in [4.78, 5) is 16.9. The number of carbonyl (C=O) groups excluding carboxylic acids is 1. The highest BCUT2D eigenvalue weighted by Crippen LogP contribution is 2.25. The van der Waals surface area contributed by atoms with Gasteiger partial charge in [-0.05, 0) is 24.3 Å². The molecule has 4 aromatic rings. The van der Waals surface area contributed by atoms with E-state index in [4.69, 9.17) is 9.84 Å². The van der Waals surface area contributed by atoms with E-state index >= 15 is 0 Å². The predicted octanol–water partition coefficient (Wildman–Crippen LogP) is 3.71. The third-order valence-corrected chi connectivity index (χ3v) is 6.89. The van der Waals surface area contributed by atoms with Crippen molar-refractivity contribution in [1.29, 1.82) is 0 Å². The molecule has 0 saturated heterocycles. The Hall–Kier alpha value is -4.24. The van der Waals surface area contributed by atoms with E-state index in [2.05, 4.69) is 9.71 Å². The minimum absolute atomic E-state index is 0.0148. The molecule has 0 radical (unpaired) electrons. The number of hydrogen-bond acceptors (Lipinski definition) is 6. The number of carbonyl (C=O) groups is 1. The Morgan fingerprint density at radius 2 is 1.63 bits per heavy atom. The van der Waals surface area contributed by atoms with Crippen LogP contribution in [0.2, 0.25) is 0 Å². The summed E-state index contributed by atoms with van der Waals surface area (Å²) in [5.41, 5.74) is 3.84. The molecule has 0 amide bonds. The summed E-state index contributed by atoms with van der Waals surface area (Å²) in [6, 6.07) is 26.0. The van der Waals surface area contributed by atoms with Crippen molar-refractivity contribution >= 4 is 21.8 Å². The van der Waals surface area contributed by atoms with Crippen LogP contribution in [0.5, 0.6) is 0 Å². The molecule has 8 nitrogen and oxygen atoms in total.